The molecule has 3 rings (SSSR count). The number of carbonyl (C=O) groups is 3. The second kappa shape index (κ2) is 13.4. The van der Waals surface area contributed by atoms with Crippen LogP contribution in [-0.4, -0.2) is 43.8 Å². The van der Waals surface area contributed by atoms with Gasteiger partial charge in [-0.2, -0.15) is 5.10 Å². The van der Waals surface area contributed by atoms with Gasteiger partial charge in [0.1, 0.15) is 5.75 Å². The van der Waals surface area contributed by atoms with E-state index >= 15 is 0 Å². The highest BCUT2D eigenvalue weighted by Crippen LogP contribution is 2.29. The quantitative estimate of drug-likeness (QED) is 0.178. The maximum absolute atomic E-state index is 12.6. The summed E-state index contributed by atoms with van der Waals surface area (Å²) in [5.41, 5.74) is 4.76. The molecule has 9 nitrogen and oxygen atoms in total. The van der Waals surface area contributed by atoms with Gasteiger partial charge in [-0.3, -0.25) is 9.59 Å². The Morgan fingerprint density at radius 1 is 0.865 bits per heavy atom. The number of ether oxygens (including phenoxy) is 3. The average Bonchev–Trinajstić information content (AvgIpc) is 2.89. The Hall–Kier alpha value is -4.66. The molecule has 0 saturated heterocycles. The zero-order chi connectivity index (χ0) is 26.6. The van der Waals surface area contributed by atoms with Crippen LogP contribution in [0.2, 0.25) is 0 Å². The van der Waals surface area contributed by atoms with E-state index in [1.54, 1.807) is 60.7 Å². The van der Waals surface area contributed by atoms with Gasteiger partial charge in [0, 0.05) is 5.56 Å². The predicted molar refractivity (Wildman–Crippen MR) is 139 cm³/mol. The number of nitrogens with one attached hydrogen (secondary N) is 2. The Morgan fingerprint density at radius 3 is 2.32 bits per heavy atom. The maximum Gasteiger partial charge on any atom is 0.343 e. The van der Waals surface area contributed by atoms with Crippen LogP contribution in [0.3, 0.4) is 0 Å². The van der Waals surface area contributed by atoms with Crippen molar-refractivity contribution < 1.29 is 28.6 Å². The van der Waals surface area contributed by atoms with Crippen molar-refractivity contribution >= 4 is 24.0 Å². The van der Waals surface area contributed by atoms with Crippen molar-refractivity contribution in [3.05, 3.63) is 89.0 Å². The van der Waals surface area contributed by atoms with Crippen molar-refractivity contribution in [3.8, 4) is 17.2 Å². The number of esters is 1. The average molecular weight is 504 g/mol. The lowest BCUT2D eigenvalue weighted by Gasteiger charge is -2.11. The van der Waals surface area contributed by atoms with Crippen molar-refractivity contribution in [3.63, 3.8) is 0 Å². The number of hydrogen-bond acceptors (Lipinski definition) is 7. The molecule has 3 aromatic rings. The molecule has 0 atom stereocenters. The Bertz CT molecular complexity index is 1270. The highest BCUT2D eigenvalue weighted by molar-refractivity contribution is 5.96. The molecule has 0 radical (unpaired) electrons. The van der Waals surface area contributed by atoms with Crippen LogP contribution >= 0.6 is 0 Å². The van der Waals surface area contributed by atoms with E-state index in [2.05, 4.69) is 15.8 Å². The van der Waals surface area contributed by atoms with Crippen LogP contribution in [0.1, 0.15) is 45.7 Å². The van der Waals surface area contributed by atoms with Crippen molar-refractivity contribution in [1.29, 1.82) is 0 Å². The topological polar surface area (TPSA) is 115 Å². The minimum atomic E-state index is -0.537. The van der Waals surface area contributed by atoms with Gasteiger partial charge in [0.15, 0.2) is 11.5 Å². The molecule has 2 amide bonds. The first-order chi connectivity index (χ1) is 17.9. The van der Waals surface area contributed by atoms with Crippen LogP contribution in [0.25, 0.3) is 0 Å². The van der Waals surface area contributed by atoms with Crippen LogP contribution < -0.4 is 25.0 Å². The van der Waals surface area contributed by atoms with E-state index < -0.39 is 11.9 Å². The summed E-state index contributed by atoms with van der Waals surface area (Å²) in [6, 6.07) is 18.6. The minimum Gasteiger partial charge on any atom is -0.494 e. The fraction of sp³-hybridized carbons (Fsp3) is 0.214. The lowest BCUT2D eigenvalue weighted by Crippen LogP contribution is -2.34. The molecule has 0 fully saturated rings. The molecule has 0 aliphatic carbocycles. The Balaban J connectivity index is 1.56. The van der Waals surface area contributed by atoms with E-state index in [4.69, 9.17) is 14.2 Å². The summed E-state index contributed by atoms with van der Waals surface area (Å²) in [5.74, 6) is -0.102. The molecular formula is C28H29N3O6. The Morgan fingerprint density at radius 2 is 1.62 bits per heavy atom. The van der Waals surface area contributed by atoms with Gasteiger partial charge in [-0.1, -0.05) is 17.7 Å². The normalized spacial score (nSPS) is 10.6. The third-order valence-electron chi connectivity index (χ3n) is 4.96. The van der Waals surface area contributed by atoms with Crippen LogP contribution in [0.5, 0.6) is 17.2 Å². The van der Waals surface area contributed by atoms with Crippen LogP contribution in [0.15, 0.2) is 71.8 Å². The third-order valence-corrected chi connectivity index (χ3v) is 4.96. The molecule has 0 heterocycles. The largest absolute Gasteiger partial charge is 0.494 e. The van der Waals surface area contributed by atoms with E-state index in [0.717, 1.165) is 5.56 Å². The lowest BCUT2D eigenvalue weighted by atomic mass is 10.1. The van der Waals surface area contributed by atoms with Crippen molar-refractivity contribution in [2.24, 2.45) is 5.10 Å². The molecule has 0 aliphatic rings. The maximum atomic E-state index is 12.6. The standard InChI is InChI=1S/C28H29N3O6/c1-4-35-23-12-10-21(11-13-23)28(34)37-24-14-9-20(16-25(24)36-5-2)17-30-31-26(32)18-29-27(33)22-8-6-7-19(3)15-22/h6-17H,4-5,18H2,1-3H3,(H,29,33)(H,31,32)/b30-17-. The summed E-state index contributed by atoms with van der Waals surface area (Å²) >= 11 is 0. The monoisotopic (exact) mass is 503 g/mol. The van der Waals surface area contributed by atoms with Gasteiger partial charge in [0.05, 0.1) is 31.5 Å². The van der Waals surface area contributed by atoms with E-state index in [1.807, 2.05) is 26.8 Å². The van der Waals surface area contributed by atoms with Gasteiger partial charge in [-0.25, -0.2) is 10.2 Å². The van der Waals surface area contributed by atoms with Gasteiger partial charge in [-0.15, -0.1) is 0 Å². The molecule has 37 heavy (non-hydrogen) atoms. The van der Waals surface area contributed by atoms with Gasteiger partial charge in [-0.05, 0) is 80.9 Å². The second-order valence-corrected chi connectivity index (χ2v) is 7.83. The summed E-state index contributed by atoms with van der Waals surface area (Å²) < 4.78 is 16.5. The molecule has 9 heteroatoms. The van der Waals surface area contributed by atoms with E-state index in [-0.39, 0.29) is 18.2 Å². The number of hydrazone groups is 1. The first kappa shape index (κ1) is 26.9. The SMILES string of the molecule is CCOc1ccc(C(=O)Oc2ccc(/C=N\NC(=O)CNC(=O)c3cccc(C)c3)cc2OCC)cc1. The van der Waals surface area contributed by atoms with E-state index in [1.165, 1.54) is 6.21 Å². The Kier molecular flexibility index (Phi) is 9.78. The van der Waals surface area contributed by atoms with Gasteiger partial charge in [0.25, 0.3) is 11.8 Å². The predicted octanol–water partition coefficient (Wildman–Crippen LogP) is 3.89. The van der Waals surface area contributed by atoms with Gasteiger partial charge in [0.2, 0.25) is 0 Å². The highest BCUT2D eigenvalue weighted by atomic mass is 16.6. The van der Waals surface area contributed by atoms with Crippen LogP contribution in [-0.2, 0) is 4.79 Å². The molecule has 2 N–H and O–H groups in total. The smallest absolute Gasteiger partial charge is 0.343 e. The summed E-state index contributed by atoms with van der Waals surface area (Å²) in [6.45, 7) is 6.23. The molecule has 192 valence electrons. The number of hydrogen-bond donors (Lipinski definition) is 2. The molecule has 3 aromatic carbocycles. The first-order valence-electron chi connectivity index (χ1n) is 11.8. The summed E-state index contributed by atoms with van der Waals surface area (Å²) in [5, 5.41) is 6.47. The summed E-state index contributed by atoms with van der Waals surface area (Å²) in [6.07, 6.45) is 1.42. The van der Waals surface area contributed by atoms with Crippen molar-refractivity contribution in [1.82, 2.24) is 10.7 Å². The number of amides is 2. The third kappa shape index (κ3) is 8.21. The number of aryl methyl sites for hydroxylation is 1. The number of benzene rings is 3. The molecule has 0 aliphatic heterocycles. The van der Waals surface area contributed by atoms with E-state index in [0.29, 0.717) is 41.4 Å². The summed E-state index contributed by atoms with van der Waals surface area (Å²) in [4.78, 5) is 36.8. The van der Waals surface area contributed by atoms with Crippen LogP contribution in [0.4, 0.5) is 0 Å². The van der Waals surface area contributed by atoms with Gasteiger partial charge < -0.3 is 19.5 Å². The molecular weight excluding hydrogens is 474 g/mol. The fourth-order valence-electron chi connectivity index (χ4n) is 3.24. The van der Waals surface area contributed by atoms with Crippen molar-refractivity contribution in [2.75, 3.05) is 19.8 Å². The first-order valence-corrected chi connectivity index (χ1v) is 11.8. The second-order valence-electron chi connectivity index (χ2n) is 7.83. The molecule has 0 bridgehead atoms. The van der Waals surface area contributed by atoms with E-state index in [9.17, 15) is 14.4 Å². The number of nitrogens with zero attached hydrogens (tertiary/aromatic N) is 1. The van der Waals surface area contributed by atoms with Crippen LogP contribution in [0, 0.1) is 6.92 Å². The van der Waals surface area contributed by atoms with Crippen molar-refractivity contribution in [2.45, 2.75) is 20.8 Å². The zero-order valence-corrected chi connectivity index (χ0v) is 20.9. The minimum absolute atomic E-state index is 0.227. The zero-order valence-electron chi connectivity index (χ0n) is 20.9. The fourth-order valence-corrected chi connectivity index (χ4v) is 3.24. The summed E-state index contributed by atoms with van der Waals surface area (Å²) in [7, 11) is 0. The molecule has 0 aromatic heterocycles. The number of carbonyl (C=O) groups excluding carboxylic acids is 3. The highest BCUT2D eigenvalue weighted by Gasteiger charge is 2.14. The molecule has 0 unspecified atom stereocenters. The lowest BCUT2D eigenvalue weighted by molar-refractivity contribution is -0.120. The number of rotatable bonds is 11. The van der Waals surface area contributed by atoms with Gasteiger partial charge >= 0.3 is 5.97 Å². The Labute approximate surface area is 215 Å². The molecule has 0 saturated carbocycles. The molecule has 0 spiro atoms.